The Morgan fingerprint density at radius 2 is 1.69 bits per heavy atom. The van der Waals surface area contributed by atoms with Crippen LogP contribution in [0.3, 0.4) is 0 Å². The fraction of sp³-hybridized carbons (Fsp3) is 0.462. The number of hydrogen-bond donors (Lipinski definition) is 1. The van der Waals surface area contributed by atoms with Gasteiger partial charge in [-0.1, -0.05) is 36.7 Å². The summed E-state index contributed by atoms with van der Waals surface area (Å²) in [5.74, 6) is -5.79. The summed E-state index contributed by atoms with van der Waals surface area (Å²) < 4.78 is 60.8. The third kappa shape index (κ3) is 6.75. The second-order valence-corrected chi connectivity index (χ2v) is 10.6. The molecule has 0 unspecified atom stereocenters. The molecule has 1 amide bonds. The maximum atomic E-state index is 14.6. The zero-order valence-electron chi connectivity index (χ0n) is 19.9. The Hall–Kier alpha value is -2.61. The molecule has 2 atom stereocenters. The van der Waals surface area contributed by atoms with Crippen molar-refractivity contribution in [2.45, 2.75) is 64.7 Å². The molecule has 9 heteroatoms. The van der Waals surface area contributed by atoms with Crippen molar-refractivity contribution in [3.63, 3.8) is 0 Å². The Bertz CT molecular complexity index is 1090. The number of ether oxygens (including phenoxy) is 1. The van der Waals surface area contributed by atoms with Crippen molar-refractivity contribution in [1.82, 2.24) is 0 Å². The number of rotatable bonds is 7. The Morgan fingerprint density at radius 1 is 1.09 bits per heavy atom. The average molecular weight is 514 g/mol. The van der Waals surface area contributed by atoms with Gasteiger partial charge in [0.05, 0.1) is 22.9 Å². The number of carbonyl (C=O) groups is 2. The van der Waals surface area contributed by atoms with Crippen LogP contribution in [0.25, 0.3) is 0 Å². The van der Waals surface area contributed by atoms with E-state index >= 15 is 0 Å². The van der Waals surface area contributed by atoms with Crippen LogP contribution < -0.4 is 5.32 Å². The van der Waals surface area contributed by atoms with E-state index in [1.165, 1.54) is 36.4 Å². The van der Waals surface area contributed by atoms with Gasteiger partial charge in [-0.15, -0.1) is 0 Å². The minimum Gasteiger partial charge on any atom is -0.460 e. The molecule has 2 aromatic carbocycles. The van der Waals surface area contributed by atoms with Gasteiger partial charge in [0.1, 0.15) is 11.4 Å². The molecule has 1 aliphatic rings. The number of hydrogen-bond acceptors (Lipinski definition) is 3. The molecule has 1 saturated carbocycles. The summed E-state index contributed by atoms with van der Waals surface area (Å²) in [6.45, 7) is 6.21. The van der Waals surface area contributed by atoms with E-state index in [-0.39, 0.29) is 23.6 Å². The number of esters is 1. The third-order valence-electron chi connectivity index (χ3n) is 6.04. The molecule has 190 valence electrons. The topological polar surface area (TPSA) is 55.4 Å². The molecule has 0 saturated heterocycles. The summed E-state index contributed by atoms with van der Waals surface area (Å²) in [6, 6.07) is 9.46. The molecule has 35 heavy (non-hydrogen) atoms. The number of amides is 1. The first-order valence-electron chi connectivity index (χ1n) is 11.3. The van der Waals surface area contributed by atoms with E-state index < -0.39 is 40.8 Å². The van der Waals surface area contributed by atoms with E-state index in [2.05, 4.69) is 5.32 Å². The normalized spacial score (nSPS) is 16.8. The lowest BCUT2D eigenvalue weighted by molar-refractivity contribution is -0.178. The molecule has 1 N–H and O–H groups in total. The largest absolute Gasteiger partial charge is 0.460 e. The fourth-order valence-corrected chi connectivity index (χ4v) is 4.02. The van der Waals surface area contributed by atoms with Crippen molar-refractivity contribution < 1.29 is 31.9 Å². The van der Waals surface area contributed by atoms with Crippen molar-refractivity contribution in [1.29, 1.82) is 0 Å². The van der Waals surface area contributed by atoms with Gasteiger partial charge in [0, 0.05) is 5.02 Å². The zero-order chi connectivity index (χ0) is 26.2. The summed E-state index contributed by atoms with van der Waals surface area (Å²) in [5, 5.41) is 2.64. The summed E-state index contributed by atoms with van der Waals surface area (Å²) in [5.41, 5.74) is -0.948. The maximum Gasteiger partial charge on any atom is 0.392 e. The van der Waals surface area contributed by atoms with Crippen LogP contribution in [-0.4, -0.2) is 23.7 Å². The first kappa shape index (κ1) is 27.0. The quantitative estimate of drug-likeness (QED) is 0.318. The molecule has 0 heterocycles. The number of alkyl halides is 3. The van der Waals surface area contributed by atoms with Gasteiger partial charge in [0.2, 0.25) is 5.91 Å². The van der Waals surface area contributed by atoms with E-state index in [0.717, 1.165) is 13.0 Å². The molecular formula is C26H28ClF4NO3. The monoisotopic (exact) mass is 513 g/mol. The second kappa shape index (κ2) is 9.80. The van der Waals surface area contributed by atoms with Gasteiger partial charge in [0.15, 0.2) is 0 Å². The van der Waals surface area contributed by atoms with Crippen molar-refractivity contribution in [3.8, 4) is 0 Å². The third-order valence-corrected chi connectivity index (χ3v) is 6.30. The van der Waals surface area contributed by atoms with E-state index in [1.807, 2.05) is 0 Å². The van der Waals surface area contributed by atoms with E-state index in [1.54, 1.807) is 20.8 Å². The van der Waals surface area contributed by atoms with Gasteiger partial charge in [-0.3, -0.25) is 9.59 Å². The molecule has 0 spiro atoms. The predicted octanol–water partition coefficient (Wildman–Crippen LogP) is 7.06. The van der Waals surface area contributed by atoms with Crippen LogP contribution in [0.2, 0.25) is 5.02 Å². The van der Waals surface area contributed by atoms with E-state index in [4.69, 9.17) is 16.3 Å². The van der Waals surface area contributed by atoms with Crippen molar-refractivity contribution in [2.75, 3.05) is 5.32 Å². The molecule has 0 bridgehead atoms. The summed E-state index contributed by atoms with van der Waals surface area (Å²) >= 11 is 5.84. The van der Waals surface area contributed by atoms with Gasteiger partial charge in [-0.25, -0.2) is 4.39 Å². The SMILES string of the molecule is C[C@H]([C@H](C(=O)Nc1cc(CC2(C(=O)OC(C)(C)C)CC2)ccc1F)c1ccc(Cl)cc1)C(F)(F)F. The van der Waals surface area contributed by atoms with Crippen molar-refractivity contribution in [3.05, 3.63) is 64.4 Å². The summed E-state index contributed by atoms with van der Waals surface area (Å²) in [7, 11) is 0. The predicted molar refractivity (Wildman–Crippen MR) is 126 cm³/mol. The summed E-state index contributed by atoms with van der Waals surface area (Å²) in [4.78, 5) is 25.7. The Balaban J connectivity index is 1.84. The number of halogens is 5. The lowest BCUT2D eigenvalue weighted by Gasteiger charge is -2.26. The smallest absolute Gasteiger partial charge is 0.392 e. The Morgan fingerprint density at radius 3 is 2.20 bits per heavy atom. The number of nitrogens with one attached hydrogen (secondary N) is 1. The van der Waals surface area contributed by atoms with Gasteiger partial charge in [-0.2, -0.15) is 13.2 Å². The van der Waals surface area contributed by atoms with Crippen molar-refractivity contribution in [2.24, 2.45) is 11.3 Å². The number of carbonyl (C=O) groups excluding carboxylic acids is 2. The second-order valence-electron chi connectivity index (χ2n) is 10.1. The first-order chi connectivity index (χ1) is 16.1. The standard InChI is InChI=1S/C26H28ClF4NO3/c1-15(26(29,30)31)21(17-6-8-18(27)9-7-17)22(33)32-20-13-16(5-10-19(20)28)14-25(11-12-25)23(34)35-24(2,3)4/h5-10,13,15,21H,11-12,14H2,1-4H3,(H,32,33)/t15-,21+/m1/s1. The van der Waals surface area contributed by atoms with Crippen LogP contribution in [0.4, 0.5) is 23.2 Å². The fourth-order valence-electron chi connectivity index (χ4n) is 3.90. The first-order valence-corrected chi connectivity index (χ1v) is 11.6. The minimum atomic E-state index is -4.66. The zero-order valence-corrected chi connectivity index (χ0v) is 20.7. The van der Waals surface area contributed by atoms with Gasteiger partial charge >= 0.3 is 12.1 Å². The van der Waals surface area contributed by atoms with Crippen molar-refractivity contribution >= 4 is 29.2 Å². The number of benzene rings is 2. The highest BCUT2D eigenvalue weighted by Gasteiger charge is 2.52. The van der Waals surface area contributed by atoms with Gasteiger partial charge in [-0.05, 0) is 75.4 Å². The molecule has 1 aliphatic carbocycles. The highest BCUT2D eigenvalue weighted by Crippen LogP contribution is 2.50. The van der Waals surface area contributed by atoms with Crippen LogP contribution in [-0.2, 0) is 20.7 Å². The molecule has 3 rings (SSSR count). The van der Waals surface area contributed by atoms with Crippen LogP contribution in [0.5, 0.6) is 0 Å². The Labute approximate surface area is 207 Å². The van der Waals surface area contributed by atoms with Crippen LogP contribution >= 0.6 is 11.6 Å². The highest BCUT2D eigenvalue weighted by atomic mass is 35.5. The van der Waals surface area contributed by atoms with E-state index in [9.17, 15) is 27.2 Å². The number of anilines is 1. The lowest BCUT2D eigenvalue weighted by Crippen LogP contribution is -2.34. The molecule has 0 radical (unpaired) electrons. The van der Waals surface area contributed by atoms with Gasteiger partial charge < -0.3 is 10.1 Å². The van der Waals surface area contributed by atoms with Gasteiger partial charge in [0.25, 0.3) is 0 Å². The molecule has 4 nitrogen and oxygen atoms in total. The molecule has 2 aromatic rings. The van der Waals surface area contributed by atoms with Crippen LogP contribution in [0.15, 0.2) is 42.5 Å². The highest BCUT2D eigenvalue weighted by molar-refractivity contribution is 6.30. The lowest BCUT2D eigenvalue weighted by atomic mass is 9.85. The molecule has 1 fully saturated rings. The molecular weight excluding hydrogens is 486 g/mol. The maximum absolute atomic E-state index is 14.6. The van der Waals surface area contributed by atoms with Crippen LogP contribution in [0, 0.1) is 17.2 Å². The molecule has 0 aromatic heterocycles. The van der Waals surface area contributed by atoms with E-state index in [0.29, 0.717) is 23.4 Å². The Kier molecular flexibility index (Phi) is 7.56. The van der Waals surface area contributed by atoms with Crippen LogP contribution in [0.1, 0.15) is 57.6 Å². The molecule has 0 aliphatic heterocycles. The summed E-state index contributed by atoms with van der Waals surface area (Å²) in [6.07, 6.45) is -3.16. The average Bonchev–Trinajstić information content (AvgIpc) is 3.51. The minimum absolute atomic E-state index is 0.107.